The van der Waals surface area contributed by atoms with Crippen molar-refractivity contribution in [3.05, 3.63) is 56.1 Å². The molecule has 0 radical (unpaired) electrons. The maximum atomic E-state index is 10.6. The minimum atomic E-state index is -0.529. The Bertz CT molecular complexity index is 644. The number of nitro groups is 1. The minimum Gasteiger partial charge on any atom is -0.484 e. The third-order valence-electron chi connectivity index (χ3n) is 2.35. The average molecular weight is 314 g/mol. The topological polar surface area (TPSA) is 78.2 Å². The molecular weight excluding hydrogens is 305 g/mol. The van der Waals surface area contributed by atoms with Crippen molar-refractivity contribution in [2.45, 2.75) is 13.5 Å². The fourth-order valence-corrected chi connectivity index (χ4v) is 2.00. The lowest BCUT2D eigenvalue weighted by molar-refractivity contribution is -0.384. The Kier molecular flexibility index (Phi) is 4.36. The van der Waals surface area contributed by atoms with Crippen molar-refractivity contribution in [3.63, 3.8) is 0 Å². The molecule has 1 aromatic heterocycles. The van der Waals surface area contributed by atoms with Gasteiger partial charge >= 0.3 is 0 Å². The highest BCUT2D eigenvalue weighted by molar-refractivity contribution is 6.32. The fraction of sp³-hybridized carbons (Fsp3) is 0.167. The molecular formula is C12H9Cl2N3O3. The van der Waals surface area contributed by atoms with Crippen molar-refractivity contribution < 1.29 is 9.66 Å². The molecule has 0 fully saturated rings. The lowest BCUT2D eigenvalue weighted by atomic mass is 10.3. The van der Waals surface area contributed by atoms with Crippen molar-refractivity contribution >= 4 is 28.9 Å². The Balaban J connectivity index is 2.12. The van der Waals surface area contributed by atoms with Gasteiger partial charge in [-0.2, -0.15) is 0 Å². The molecule has 0 spiro atoms. The first-order valence-corrected chi connectivity index (χ1v) is 6.28. The predicted molar refractivity (Wildman–Crippen MR) is 74.2 cm³/mol. The Morgan fingerprint density at radius 3 is 2.65 bits per heavy atom. The van der Waals surface area contributed by atoms with E-state index in [1.165, 1.54) is 18.2 Å². The Hall–Kier alpha value is -1.92. The first kappa shape index (κ1) is 14.5. The molecule has 0 saturated heterocycles. The van der Waals surface area contributed by atoms with E-state index in [9.17, 15) is 10.1 Å². The minimum absolute atomic E-state index is 0.0684. The normalized spacial score (nSPS) is 10.3. The van der Waals surface area contributed by atoms with Gasteiger partial charge in [0, 0.05) is 17.8 Å². The maximum Gasteiger partial charge on any atom is 0.271 e. The SMILES string of the molecule is Cc1cc(Cl)nc(COc2ccc([N+](=O)[O-])cc2Cl)n1. The molecule has 1 heterocycles. The van der Waals surface area contributed by atoms with Crippen LogP contribution in [-0.4, -0.2) is 14.9 Å². The van der Waals surface area contributed by atoms with E-state index in [1.54, 1.807) is 13.0 Å². The molecule has 2 rings (SSSR count). The quantitative estimate of drug-likeness (QED) is 0.489. The summed E-state index contributed by atoms with van der Waals surface area (Å²) in [5.74, 6) is 0.725. The second-order valence-corrected chi connectivity index (χ2v) is 4.70. The van der Waals surface area contributed by atoms with Crippen LogP contribution in [0.15, 0.2) is 24.3 Å². The van der Waals surface area contributed by atoms with Crippen LogP contribution in [0.2, 0.25) is 10.2 Å². The molecule has 20 heavy (non-hydrogen) atoms. The van der Waals surface area contributed by atoms with Gasteiger partial charge < -0.3 is 4.74 Å². The van der Waals surface area contributed by atoms with Crippen LogP contribution in [0.3, 0.4) is 0 Å². The van der Waals surface area contributed by atoms with Crippen molar-refractivity contribution in [3.8, 4) is 5.75 Å². The van der Waals surface area contributed by atoms with Gasteiger partial charge in [0.2, 0.25) is 0 Å². The molecule has 0 aliphatic carbocycles. The number of aromatic nitrogens is 2. The van der Waals surface area contributed by atoms with E-state index in [2.05, 4.69) is 9.97 Å². The van der Waals surface area contributed by atoms with Gasteiger partial charge in [-0.15, -0.1) is 0 Å². The van der Waals surface area contributed by atoms with Gasteiger partial charge in [-0.3, -0.25) is 10.1 Å². The second kappa shape index (κ2) is 6.02. The van der Waals surface area contributed by atoms with Gasteiger partial charge in [-0.1, -0.05) is 23.2 Å². The van der Waals surface area contributed by atoms with Gasteiger partial charge in [0.1, 0.15) is 17.5 Å². The number of hydrogen-bond acceptors (Lipinski definition) is 5. The molecule has 0 aliphatic rings. The Morgan fingerprint density at radius 2 is 2.05 bits per heavy atom. The molecule has 0 aliphatic heterocycles. The fourth-order valence-electron chi connectivity index (χ4n) is 1.52. The number of aryl methyl sites for hydroxylation is 1. The van der Waals surface area contributed by atoms with Gasteiger partial charge in [0.05, 0.1) is 9.95 Å². The number of ether oxygens (including phenoxy) is 1. The zero-order valence-corrected chi connectivity index (χ0v) is 11.9. The number of nitrogens with zero attached hydrogens (tertiary/aromatic N) is 3. The second-order valence-electron chi connectivity index (χ2n) is 3.91. The molecule has 0 saturated carbocycles. The molecule has 1 aromatic carbocycles. The largest absolute Gasteiger partial charge is 0.484 e. The summed E-state index contributed by atoms with van der Waals surface area (Å²) in [6, 6.07) is 5.59. The lowest BCUT2D eigenvalue weighted by Crippen LogP contribution is -2.03. The van der Waals surface area contributed by atoms with Crippen LogP contribution in [0.25, 0.3) is 0 Å². The molecule has 0 N–H and O–H groups in total. The van der Waals surface area contributed by atoms with Crippen LogP contribution in [0, 0.1) is 17.0 Å². The number of hydrogen-bond donors (Lipinski definition) is 0. The number of non-ortho nitro benzene ring substituents is 1. The van der Waals surface area contributed by atoms with Crippen molar-refractivity contribution in [2.24, 2.45) is 0 Å². The highest BCUT2D eigenvalue weighted by atomic mass is 35.5. The first-order valence-electron chi connectivity index (χ1n) is 5.52. The van der Waals surface area contributed by atoms with E-state index in [4.69, 9.17) is 27.9 Å². The Labute approximate surface area is 124 Å². The molecule has 6 nitrogen and oxygen atoms in total. The summed E-state index contributed by atoms with van der Waals surface area (Å²) in [5, 5.41) is 11.1. The number of nitro benzene ring substituents is 1. The third-order valence-corrected chi connectivity index (χ3v) is 2.84. The number of benzene rings is 1. The van der Waals surface area contributed by atoms with E-state index in [1.807, 2.05) is 0 Å². The van der Waals surface area contributed by atoms with E-state index >= 15 is 0 Å². The van der Waals surface area contributed by atoms with Crippen molar-refractivity contribution in [2.75, 3.05) is 0 Å². The van der Waals surface area contributed by atoms with Crippen LogP contribution in [0.1, 0.15) is 11.5 Å². The average Bonchev–Trinajstić information content (AvgIpc) is 2.36. The standard InChI is InChI=1S/C12H9Cl2N3O3/c1-7-4-11(14)16-12(15-7)6-20-10-3-2-8(17(18)19)5-9(10)13/h2-5H,6H2,1H3. The maximum absolute atomic E-state index is 10.6. The zero-order valence-electron chi connectivity index (χ0n) is 10.3. The van der Waals surface area contributed by atoms with E-state index < -0.39 is 4.92 Å². The molecule has 104 valence electrons. The molecule has 0 atom stereocenters. The molecule has 0 unspecified atom stereocenters. The summed E-state index contributed by atoms with van der Waals surface area (Å²) in [7, 11) is 0. The summed E-state index contributed by atoms with van der Waals surface area (Å²) < 4.78 is 5.43. The van der Waals surface area contributed by atoms with Crippen LogP contribution >= 0.6 is 23.2 Å². The molecule has 8 heteroatoms. The molecule has 0 bridgehead atoms. The van der Waals surface area contributed by atoms with Crippen LogP contribution in [0.5, 0.6) is 5.75 Å². The molecule has 2 aromatic rings. The van der Waals surface area contributed by atoms with Gasteiger partial charge in [-0.25, -0.2) is 9.97 Å². The summed E-state index contributed by atoms with van der Waals surface area (Å²) in [5.41, 5.74) is 0.621. The highest BCUT2D eigenvalue weighted by Crippen LogP contribution is 2.29. The first-order chi connectivity index (χ1) is 9.45. The molecule has 0 amide bonds. The summed E-state index contributed by atoms with van der Waals surface area (Å²) in [4.78, 5) is 18.2. The van der Waals surface area contributed by atoms with E-state index in [-0.39, 0.29) is 17.3 Å². The van der Waals surface area contributed by atoms with Crippen LogP contribution in [0.4, 0.5) is 5.69 Å². The van der Waals surface area contributed by atoms with E-state index in [0.29, 0.717) is 16.7 Å². The predicted octanol–water partition coefficient (Wildman–Crippen LogP) is 3.58. The van der Waals surface area contributed by atoms with Gasteiger partial charge in [0.15, 0.2) is 5.82 Å². The van der Waals surface area contributed by atoms with Crippen LogP contribution in [-0.2, 0) is 6.61 Å². The van der Waals surface area contributed by atoms with Gasteiger partial charge in [0.25, 0.3) is 5.69 Å². The lowest BCUT2D eigenvalue weighted by Gasteiger charge is -2.07. The van der Waals surface area contributed by atoms with Gasteiger partial charge in [-0.05, 0) is 19.1 Å². The van der Waals surface area contributed by atoms with E-state index in [0.717, 1.165) is 5.69 Å². The summed E-state index contributed by atoms with van der Waals surface area (Å²) in [6.07, 6.45) is 0. The zero-order chi connectivity index (χ0) is 14.7. The van der Waals surface area contributed by atoms with Crippen molar-refractivity contribution in [1.82, 2.24) is 9.97 Å². The smallest absolute Gasteiger partial charge is 0.271 e. The Morgan fingerprint density at radius 1 is 1.30 bits per heavy atom. The highest BCUT2D eigenvalue weighted by Gasteiger charge is 2.11. The summed E-state index contributed by atoms with van der Waals surface area (Å²) in [6.45, 7) is 1.86. The van der Waals surface area contributed by atoms with Crippen LogP contribution < -0.4 is 4.74 Å². The summed E-state index contributed by atoms with van der Waals surface area (Å²) >= 11 is 11.7. The third kappa shape index (κ3) is 3.55. The van der Waals surface area contributed by atoms with Crippen molar-refractivity contribution in [1.29, 1.82) is 0 Å². The number of rotatable bonds is 4. The number of halogens is 2. The monoisotopic (exact) mass is 313 g/mol.